The van der Waals surface area contributed by atoms with Crippen LogP contribution in [0.2, 0.25) is 0 Å². The third-order valence-electron chi connectivity index (χ3n) is 7.88. The number of carbonyl (C=O) groups is 3. The van der Waals surface area contributed by atoms with E-state index in [2.05, 4.69) is 4.98 Å². The maximum absolute atomic E-state index is 13.4. The van der Waals surface area contributed by atoms with Gasteiger partial charge in [-0.1, -0.05) is 29.5 Å². The number of fused-ring (bicyclic) bond motifs is 9. The minimum absolute atomic E-state index is 0.00332. The molecule has 7 atom stereocenters. The van der Waals surface area contributed by atoms with Crippen LogP contribution >= 0.6 is 23.1 Å². The quantitative estimate of drug-likeness (QED) is 0.497. The molecule has 178 valence electrons. The van der Waals surface area contributed by atoms with Crippen LogP contribution in [-0.2, 0) is 19.1 Å². The Morgan fingerprint density at radius 3 is 2.62 bits per heavy atom. The number of nitrogens with zero attached hydrogens (tertiary/aromatic N) is 1. The van der Waals surface area contributed by atoms with Crippen molar-refractivity contribution in [1.29, 1.82) is 0 Å². The van der Waals surface area contributed by atoms with E-state index in [9.17, 15) is 19.2 Å². The van der Waals surface area contributed by atoms with E-state index in [0.29, 0.717) is 0 Å². The topological polar surface area (TPSA) is 106 Å². The summed E-state index contributed by atoms with van der Waals surface area (Å²) in [4.78, 5) is 56.2. The summed E-state index contributed by atoms with van der Waals surface area (Å²) >= 11 is 2.86. The molecule has 4 aliphatic rings. The number of esters is 1. The summed E-state index contributed by atoms with van der Waals surface area (Å²) in [6.45, 7) is 1.58. The molecule has 1 saturated heterocycles. The molecule has 6 unspecified atom stereocenters. The molecule has 3 fully saturated rings. The first-order valence-electron chi connectivity index (χ1n) is 11.5. The Morgan fingerprint density at radius 1 is 1.15 bits per heavy atom. The van der Waals surface area contributed by atoms with E-state index in [-0.39, 0.29) is 58.8 Å². The zero-order valence-corrected chi connectivity index (χ0v) is 20.3. The van der Waals surface area contributed by atoms with E-state index in [0.717, 1.165) is 32.5 Å². The maximum Gasteiger partial charge on any atom is 0.326 e. The van der Waals surface area contributed by atoms with Crippen LogP contribution in [0, 0.1) is 29.6 Å². The van der Waals surface area contributed by atoms with Crippen LogP contribution in [0.25, 0.3) is 0 Å². The van der Waals surface area contributed by atoms with Crippen LogP contribution in [0.4, 0.5) is 0 Å². The Morgan fingerprint density at radius 2 is 1.88 bits per heavy atom. The molecule has 2 amide bonds. The van der Waals surface area contributed by atoms with Crippen LogP contribution in [0.15, 0.2) is 34.1 Å². The van der Waals surface area contributed by atoms with Crippen molar-refractivity contribution in [2.24, 2.45) is 29.6 Å². The fourth-order valence-electron chi connectivity index (χ4n) is 6.84. The van der Waals surface area contributed by atoms with Crippen molar-refractivity contribution in [3.8, 4) is 5.75 Å². The smallest absolute Gasteiger partial charge is 0.326 e. The van der Waals surface area contributed by atoms with Gasteiger partial charge in [-0.25, -0.2) is 0 Å². The zero-order chi connectivity index (χ0) is 23.7. The molecule has 0 radical (unpaired) electrons. The Labute approximate surface area is 204 Å². The summed E-state index contributed by atoms with van der Waals surface area (Å²) in [5.74, 6) is -1.16. The summed E-state index contributed by atoms with van der Waals surface area (Å²) in [5.41, 5.74) is 1.00. The van der Waals surface area contributed by atoms with Gasteiger partial charge in [-0.2, -0.15) is 0 Å². The van der Waals surface area contributed by atoms with Crippen molar-refractivity contribution in [3.05, 3.63) is 44.4 Å². The molecule has 10 heteroatoms. The molecular formula is C24H24N2O6S2. The number of thioether (sulfide) groups is 1. The number of amides is 2. The standard InChI is InChI=1S/C24H24N2O6S2/c1-3-32-14(27)9-26-22(28)17-11-8-12(18(17)23(26)29)19-16(11)15(10-6-4-5-7-13(10)31-2)20-21(33-19)25-24(30)34-20/h4-7,11-12,15-19H,3,8-9H2,1-2H3,(H,25,30)/t11?,12?,15-,16?,17?,18?,19?/m1/s1. The summed E-state index contributed by atoms with van der Waals surface area (Å²) in [6, 6.07) is 7.83. The van der Waals surface area contributed by atoms with Crippen LogP contribution in [0.1, 0.15) is 29.7 Å². The number of para-hydroxylation sites is 1. The lowest BCUT2D eigenvalue weighted by molar-refractivity contribution is -0.153. The van der Waals surface area contributed by atoms with Crippen LogP contribution < -0.4 is 9.61 Å². The first kappa shape index (κ1) is 21.9. The lowest BCUT2D eigenvalue weighted by Crippen LogP contribution is -2.42. The van der Waals surface area contributed by atoms with Crippen molar-refractivity contribution in [2.45, 2.75) is 29.5 Å². The third kappa shape index (κ3) is 2.97. The van der Waals surface area contributed by atoms with Crippen LogP contribution in [0.3, 0.4) is 0 Å². The molecule has 8 nitrogen and oxygen atoms in total. The Balaban J connectivity index is 1.42. The maximum atomic E-state index is 13.4. The highest BCUT2D eigenvalue weighted by Gasteiger charge is 2.69. The number of hydrogen-bond donors (Lipinski definition) is 1. The minimum Gasteiger partial charge on any atom is -0.496 e. The van der Waals surface area contributed by atoms with Crippen molar-refractivity contribution in [1.82, 2.24) is 9.88 Å². The molecule has 2 saturated carbocycles. The van der Waals surface area contributed by atoms with Crippen molar-refractivity contribution in [2.75, 3.05) is 20.3 Å². The van der Waals surface area contributed by atoms with E-state index in [1.165, 1.54) is 11.3 Å². The number of likely N-dealkylation sites (tertiary alicyclic amines) is 1. The summed E-state index contributed by atoms with van der Waals surface area (Å²) in [6.07, 6.45) is 0.799. The van der Waals surface area contributed by atoms with E-state index in [1.807, 2.05) is 24.3 Å². The predicted octanol–water partition coefficient (Wildman–Crippen LogP) is 2.48. The number of imide groups is 1. The van der Waals surface area contributed by atoms with Gasteiger partial charge in [0.1, 0.15) is 12.3 Å². The van der Waals surface area contributed by atoms with E-state index in [1.54, 1.807) is 25.8 Å². The van der Waals surface area contributed by atoms with Gasteiger partial charge < -0.3 is 14.5 Å². The number of rotatable bonds is 5. The molecule has 3 heterocycles. The van der Waals surface area contributed by atoms with Gasteiger partial charge in [-0.15, -0.1) is 11.8 Å². The predicted molar refractivity (Wildman–Crippen MR) is 125 cm³/mol. The first-order valence-corrected chi connectivity index (χ1v) is 13.2. The molecule has 0 spiro atoms. The number of ether oxygens (including phenoxy) is 2. The molecule has 2 aliphatic heterocycles. The van der Waals surface area contributed by atoms with Gasteiger partial charge in [0.05, 0.1) is 30.6 Å². The zero-order valence-electron chi connectivity index (χ0n) is 18.7. The molecule has 6 rings (SSSR count). The number of aromatic nitrogens is 1. The average Bonchev–Trinajstić information content (AvgIpc) is 3.55. The normalized spacial score (nSPS) is 33.0. The number of hydrogen-bond acceptors (Lipinski definition) is 8. The van der Waals surface area contributed by atoms with Crippen LogP contribution in [0.5, 0.6) is 5.75 Å². The molecular weight excluding hydrogens is 476 g/mol. The van der Waals surface area contributed by atoms with Crippen molar-refractivity contribution >= 4 is 40.9 Å². The molecule has 2 aromatic rings. The van der Waals surface area contributed by atoms with Crippen molar-refractivity contribution in [3.63, 3.8) is 0 Å². The van der Waals surface area contributed by atoms with Gasteiger partial charge in [0, 0.05) is 21.6 Å². The Hall–Kier alpha value is -2.59. The SMILES string of the molecule is CCOC(=O)CN1C(=O)C2C3CC(C2C1=O)C1C3Sc2[nH]c(=O)sc2[C@@H]1c1ccccc1OC. The number of methoxy groups -OCH3 is 1. The Kier molecular flexibility index (Phi) is 5.14. The summed E-state index contributed by atoms with van der Waals surface area (Å²) in [5, 5.41) is 0.953. The second kappa shape index (κ2) is 7.98. The fourth-order valence-corrected chi connectivity index (χ4v) is 9.72. The molecule has 1 N–H and O–H groups in total. The van der Waals surface area contributed by atoms with Gasteiger partial charge >= 0.3 is 10.8 Å². The number of aromatic amines is 1. The molecule has 2 aliphatic carbocycles. The Bertz CT molecular complexity index is 1250. The van der Waals surface area contributed by atoms with E-state index < -0.39 is 17.8 Å². The number of carbonyl (C=O) groups excluding carboxylic acids is 3. The second-order valence-corrected chi connectivity index (χ2v) is 11.5. The van der Waals surface area contributed by atoms with E-state index in [4.69, 9.17) is 9.47 Å². The summed E-state index contributed by atoms with van der Waals surface area (Å²) in [7, 11) is 1.64. The number of thiazole rings is 1. The van der Waals surface area contributed by atoms with Gasteiger partial charge in [0.2, 0.25) is 11.8 Å². The number of H-pyrrole nitrogens is 1. The highest BCUT2D eigenvalue weighted by Crippen LogP contribution is 2.68. The lowest BCUT2D eigenvalue weighted by Gasteiger charge is -2.43. The summed E-state index contributed by atoms with van der Waals surface area (Å²) < 4.78 is 10.7. The number of nitrogens with one attached hydrogen (secondary N) is 1. The largest absolute Gasteiger partial charge is 0.496 e. The van der Waals surface area contributed by atoms with E-state index >= 15 is 0 Å². The first-order chi connectivity index (χ1) is 16.4. The van der Waals surface area contributed by atoms with Gasteiger partial charge in [0.25, 0.3) is 0 Å². The highest BCUT2D eigenvalue weighted by atomic mass is 32.2. The molecule has 34 heavy (non-hydrogen) atoms. The third-order valence-corrected chi connectivity index (χ3v) is 10.5. The highest BCUT2D eigenvalue weighted by molar-refractivity contribution is 8.00. The second-order valence-electron chi connectivity index (χ2n) is 9.27. The fraction of sp³-hybridized carbons (Fsp3) is 0.500. The minimum atomic E-state index is -0.560. The average molecular weight is 501 g/mol. The number of benzene rings is 1. The van der Waals surface area contributed by atoms with Gasteiger partial charge in [-0.05, 0) is 37.2 Å². The van der Waals surface area contributed by atoms with Crippen molar-refractivity contribution < 1.29 is 23.9 Å². The van der Waals surface area contributed by atoms with Gasteiger partial charge in [0.15, 0.2) is 0 Å². The molecule has 2 bridgehead atoms. The lowest BCUT2D eigenvalue weighted by atomic mass is 9.68. The molecule has 1 aromatic heterocycles. The van der Waals surface area contributed by atoms with Gasteiger partial charge in [-0.3, -0.25) is 24.1 Å². The monoisotopic (exact) mass is 500 g/mol. The molecule has 1 aromatic carbocycles. The van der Waals surface area contributed by atoms with Crippen LogP contribution in [-0.4, -0.2) is 53.2 Å².